The molecular formula is C22H28F4N4O2Si. The fourth-order valence-electron chi connectivity index (χ4n) is 3.49. The predicted octanol–water partition coefficient (Wildman–Crippen LogP) is 4.77. The Labute approximate surface area is 190 Å². The molecular weight excluding hydrogens is 456 g/mol. The summed E-state index contributed by atoms with van der Waals surface area (Å²) in [7, 11) is -1.37. The van der Waals surface area contributed by atoms with Crippen LogP contribution in [0.3, 0.4) is 0 Å². The van der Waals surface area contributed by atoms with E-state index >= 15 is 0 Å². The minimum absolute atomic E-state index is 0.00449. The maximum Gasteiger partial charge on any atom is 0.389 e. The molecule has 3 rings (SSSR count). The molecule has 0 aliphatic rings. The highest BCUT2D eigenvalue weighted by Gasteiger charge is 2.28. The van der Waals surface area contributed by atoms with Gasteiger partial charge in [-0.15, -0.1) is 0 Å². The largest absolute Gasteiger partial charge is 0.394 e. The van der Waals surface area contributed by atoms with Gasteiger partial charge in [-0.25, -0.2) is 4.39 Å². The van der Waals surface area contributed by atoms with Gasteiger partial charge in [-0.1, -0.05) is 19.6 Å². The molecule has 3 aromatic heterocycles. The normalized spacial score (nSPS) is 12.6. The Bertz CT molecular complexity index is 1180. The zero-order valence-corrected chi connectivity index (χ0v) is 19.9. The van der Waals surface area contributed by atoms with Crippen molar-refractivity contribution in [1.82, 2.24) is 14.1 Å². The quantitative estimate of drug-likeness (QED) is 0.270. The molecule has 0 bridgehead atoms. The molecule has 11 heteroatoms. The van der Waals surface area contributed by atoms with Crippen LogP contribution in [0.1, 0.15) is 17.7 Å². The first kappa shape index (κ1) is 25.0. The summed E-state index contributed by atoms with van der Waals surface area (Å²) in [5, 5.41) is 0. The minimum Gasteiger partial charge on any atom is -0.394 e. The predicted molar refractivity (Wildman–Crippen MR) is 122 cm³/mol. The third-order valence-corrected chi connectivity index (χ3v) is 7.02. The van der Waals surface area contributed by atoms with Crippen LogP contribution in [-0.2, 0) is 24.4 Å². The molecule has 0 aliphatic carbocycles. The Balaban J connectivity index is 2.04. The average molecular weight is 485 g/mol. The number of alkyl halides is 3. The first-order valence-electron chi connectivity index (χ1n) is 10.6. The molecule has 3 heterocycles. The minimum atomic E-state index is -4.43. The lowest BCUT2D eigenvalue weighted by Crippen LogP contribution is -2.24. The van der Waals surface area contributed by atoms with Crippen molar-refractivity contribution in [2.75, 3.05) is 12.3 Å². The first-order chi connectivity index (χ1) is 15.4. The number of aryl methyl sites for hydroxylation is 1. The topological polar surface area (TPSA) is 75.1 Å². The molecule has 0 fully saturated rings. The highest BCUT2D eigenvalue weighted by molar-refractivity contribution is 6.76. The number of nitrogen functional groups attached to an aromatic ring is 1. The molecule has 0 radical (unpaired) electrons. The van der Waals surface area contributed by atoms with Crippen LogP contribution in [0.4, 0.5) is 23.2 Å². The van der Waals surface area contributed by atoms with Crippen LogP contribution in [0.25, 0.3) is 11.0 Å². The monoisotopic (exact) mass is 484 g/mol. The van der Waals surface area contributed by atoms with Crippen molar-refractivity contribution in [3.8, 4) is 0 Å². The molecule has 180 valence electrons. The lowest BCUT2D eigenvalue weighted by atomic mass is 10.1. The summed E-state index contributed by atoms with van der Waals surface area (Å²) < 4.78 is 62.1. The number of nitrogens with two attached hydrogens (primary N) is 1. The van der Waals surface area contributed by atoms with Crippen LogP contribution >= 0.6 is 0 Å². The summed E-state index contributed by atoms with van der Waals surface area (Å²) in [5.74, 6) is -0.805. The SMILES string of the molecule is C[Si](C)(C)CCOCn1c(Cn2cccc(N)c2=O)cc2ncc(F)c(CCC(F)(F)F)c21. The summed E-state index contributed by atoms with van der Waals surface area (Å²) in [6.07, 6.45) is -3.61. The van der Waals surface area contributed by atoms with Crippen molar-refractivity contribution in [3.05, 3.63) is 58.0 Å². The summed E-state index contributed by atoms with van der Waals surface area (Å²) in [6.45, 7) is 7.16. The summed E-state index contributed by atoms with van der Waals surface area (Å²) in [5.41, 5.74) is 6.47. The number of fused-ring (bicyclic) bond motifs is 1. The van der Waals surface area contributed by atoms with Gasteiger partial charge in [0.1, 0.15) is 12.5 Å². The number of ether oxygens (including phenoxy) is 1. The number of nitrogens with zero attached hydrogens (tertiary/aromatic N) is 3. The maximum atomic E-state index is 14.6. The molecule has 0 aliphatic heterocycles. The van der Waals surface area contributed by atoms with E-state index in [1.54, 1.807) is 22.9 Å². The van der Waals surface area contributed by atoms with E-state index in [1.807, 2.05) is 0 Å². The number of halogens is 4. The molecule has 0 spiro atoms. The van der Waals surface area contributed by atoms with Crippen LogP contribution < -0.4 is 11.3 Å². The lowest BCUT2D eigenvalue weighted by Gasteiger charge is -2.18. The Hall–Kier alpha value is -2.66. The van der Waals surface area contributed by atoms with E-state index in [1.165, 1.54) is 10.6 Å². The lowest BCUT2D eigenvalue weighted by molar-refractivity contribution is -0.134. The Morgan fingerprint density at radius 2 is 1.97 bits per heavy atom. The van der Waals surface area contributed by atoms with Crippen molar-refractivity contribution in [1.29, 1.82) is 0 Å². The number of anilines is 1. The van der Waals surface area contributed by atoms with E-state index in [0.29, 0.717) is 17.8 Å². The molecule has 0 atom stereocenters. The van der Waals surface area contributed by atoms with Gasteiger partial charge >= 0.3 is 6.18 Å². The van der Waals surface area contributed by atoms with Gasteiger partial charge in [-0.05, 0) is 30.7 Å². The molecule has 2 N–H and O–H groups in total. The van der Waals surface area contributed by atoms with Gasteiger partial charge in [0.2, 0.25) is 0 Å². The number of rotatable bonds is 9. The molecule has 0 saturated carbocycles. The summed E-state index contributed by atoms with van der Waals surface area (Å²) >= 11 is 0. The van der Waals surface area contributed by atoms with E-state index in [4.69, 9.17) is 10.5 Å². The number of pyridine rings is 2. The molecule has 3 aromatic rings. The second-order valence-corrected chi connectivity index (χ2v) is 14.9. The van der Waals surface area contributed by atoms with Crippen LogP contribution in [-0.4, -0.2) is 35.0 Å². The zero-order valence-electron chi connectivity index (χ0n) is 18.9. The first-order valence-corrected chi connectivity index (χ1v) is 14.3. The van der Waals surface area contributed by atoms with E-state index in [9.17, 15) is 22.4 Å². The van der Waals surface area contributed by atoms with Crippen LogP contribution in [0.5, 0.6) is 0 Å². The molecule has 0 unspecified atom stereocenters. The van der Waals surface area contributed by atoms with Gasteiger partial charge in [-0.3, -0.25) is 9.78 Å². The van der Waals surface area contributed by atoms with Gasteiger partial charge in [0, 0.05) is 38.6 Å². The number of aromatic nitrogens is 3. The zero-order chi connectivity index (χ0) is 24.4. The van der Waals surface area contributed by atoms with E-state index < -0.39 is 38.5 Å². The van der Waals surface area contributed by atoms with Crippen molar-refractivity contribution in [2.45, 2.75) is 58.0 Å². The smallest absolute Gasteiger partial charge is 0.389 e. The average Bonchev–Trinajstić information content (AvgIpc) is 3.04. The van der Waals surface area contributed by atoms with Gasteiger partial charge in [0.25, 0.3) is 5.56 Å². The van der Waals surface area contributed by atoms with Crippen LogP contribution in [0, 0.1) is 5.82 Å². The molecule has 0 amide bonds. The molecule has 33 heavy (non-hydrogen) atoms. The summed E-state index contributed by atoms with van der Waals surface area (Å²) in [4.78, 5) is 16.5. The Kier molecular flexibility index (Phi) is 7.32. The standard InChI is InChI=1S/C22H28F4N4O2Si/c1-33(2,3)10-9-32-14-30-15(13-29-8-4-5-18(27)21(29)31)11-19-20(30)16(17(23)12-28-19)6-7-22(24,25)26/h4-5,8,11-12H,6-7,9-10,13-14,27H2,1-3H3. The van der Waals surface area contributed by atoms with E-state index in [2.05, 4.69) is 24.6 Å². The second kappa shape index (κ2) is 9.68. The molecule has 0 aromatic carbocycles. The van der Waals surface area contributed by atoms with Gasteiger partial charge in [0.05, 0.1) is 29.5 Å². The second-order valence-electron chi connectivity index (χ2n) is 9.24. The van der Waals surface area contributed by atoms with Crippen molar-refractivity contribution in [2.24, 2.45) is 0 Å². The van der Waals surface area contributed by atoms with Gasteiger partial charge in [-0.2, -0.15) is 13.2 Å². The Morgan fingerprint density at radius 1 is 1.24 bits per heavy atom. The van der Waals surface area contributed by atoms with Crippen LogP contribution in [0.2, 0.25) is 25.7 Å². The van der Waals surface area contributed by atoms with Crippen molar-refractivity contribution < 1.29 is 22.3 Å². The van der Waals surface area contributed by atoms with Gasteiger partial charge in [0.15, 0.2) is 0 Å². The molecule has 6 nitrogen and oxygen atoms in total. The summed E-state index contributed by atoms with van der Waals surface area (Å²) in [6, 6.07) is 5.65. The van der Waals surface area contributed by atoms with Crippen molar-refractivity contribution in [3.63, 3.8) is 0 Å². The Morgan fingerprint density at radius 3 is 2.64 bits per heavy atom. The van der Waals surface area contributed by atoms with E-state index in [0.717, 1.165) is 12.2 Å². The highest BCUT2D eigenvalue weighted by atomic mass is 28.3. The molecule has 0 saturated heterocycles. The number of hydrogen-bond donors (Lipinski definition) is 1. The maximum absolute atomic E-state index is 14.6. The number of hydrogen-bond acceptors (Lipinski definition) is 4. The third kappa shape index (κ3) is 6.44. The van der Waals surface area contributed by atoms with E-state index in [-0.39, 0.29) is 30.0 Å². The fraction of sp³-hybridized carbons (Fsp3) is 0.455. The van der Waals surface area contributed by atoms with Crippen molar-refractivity contribution >= 4 is 24.8 Å². The third-order valence-electron chi connectivity index (χ3n) is 5.31. The van der Waals surface area contributed by atoms with Gasteiger partial charge < -0.3 is 19.6 Å². The van der Waals surface area contributed by atoms with Crippen LogP contribution in [0.15, 0.2) is 35.4 Å². The fourth-order valence-corrected chi connectivity index (χ4v) is 4.25. The highest BCUT2D eigenvalue weighted by Crippen LogP contribution is 2.29.